The van der Waals surface area contributed by atoms with Crippen molar-refractivity contribution in [2.24, 2.45) is 10.3 Å². The lowest BCUT2D eigenvalue weighted by molar-refractivity contribution is -0.128. The van der Waals surface area contributed by atoms with E-state index < -0.39 is 5.91 Å². The van der Waals surface area contributed by atoms with Crippen molar-refractivity contribution in [2.45, 2.75) is 38.8 Å². The van der Waals surface area contributed by atoms with E-state index in [1.807, 2.05) is 23.2 Å². The van der Waals surface area contributed by atoms with Gasteiger partial charge in [0.1, 0.15) is 5.82 Å². The fourth-order valence-electron chi connectivity index (χ4n) is 3.94. The molecule has 1 aromatic carbocycles. The highest BCUT2D eigenvalue weighted by atomic mass is 16.5. The molecule has 2 aromatic rings. The molecule has 154 valence electrons. The minimum absolute atomic E-state index is 0.0771. The number of fused-ring (bicyclic) bond motifs is 1. The number of likely N-dealkylation sites (tertiary alicyclic amines) is 1. The Balaban J connectivity index is 1.43. The van der Waals surface area contributed by atoms with Crippen molar-refractivity contribution in [3.63, 3.8) is 0 Å². The van der Waals surface area contributed by atoms with Gasteiger partial charge in [-0.05, 0) is 57.1 Å². The van der Waals surface area contributed by atoms with Crippen LogP contribution in [0.15, 0.2) is 46.4 Å². The molecule has 1 saturated heterocycles. The second-order valence-electron chi connectivity index (χ2n) is 7.52. The topological polar surface area (TPSA) is 98.4 Å². The van der Waals surface area contributed by atoms with Crippen LogP contribution in [0.1, 0.15) is 31.5 Å². The number of aromatic nitrogens is 2. The SMILES string of the molecule is O=C(C/C=C1/CN(Cc2nc3ccccc3n2CCCN2CCCC2)N=N1)NO. The van der Waals surface area contributed by atoms with Crippen molar-refractivity contribution in [3.05, 3.63) is 41.9 Å². The number of imidazole rings is 1. The highest BCUT2D eigenvalue weighted by molar-refractivity contribution is 5.76. The normalized spacial score (nSPS) is 18.4. The Hall–Kier alpha value is -2.78. The van der Waals surface area contributed by atoms with Gasteiger partial charge in [0.25, 0.3) is 0 Å². The molecule has 0 unspecified atom stereocenters. The predicted molar refractivity (Wildman–Crippen MR) is 108 cm³/mol. The number of nitrogens with one attached hydrogen (secondary N) is 1. The van der Waals surface area contributed by atoms with E-state index in [2.05, 4.69) is 25.9 Å². The maximum atomic E-state index is 11.2. The first-order chi connectivity index (χ1) is 14.2. The van der Waals surface area contributed by atoms with Crippen molar-refractivity contribution in [1.82, 2.24) is 24.9 Å². The van der Waals surface area contributed by atoms with E-state index in [4.69, 9.17) is 10.2 Å². The number of hydrogen-bond acceptors (Lipinski definition) is 7. The molecule has 3 heterocycles. The summed E-state index contributed by atoms with van der Waals surface area (Å²) in [5.74, 6) is 0.506. The molecule has 29 heavy (non-hydrogen) atoms. The fraction of sp³-hybridized carbons (Fsp3) is 0.500. The summed E-state index contributed by atoms with van der Waals surface area (Å²) in [6.45, 7) is 5.57. The number of hydrogen-bond donors (Lipinski definition) is 2. The molecule has 0 aliphatic carbocycles. The lowest BCUT2D eigenvalue weighted by Crippen LogP contribution is -2.23. The summed E-state index contributed by atoms with van der Waals surface area (Å²) >= 11 is 0. The Morgan fingerprint density at radius 2 is 2.03 bits per heavy atom. The molecule has 0 saturated carbocycles. The van der Waals surface area contributed by atoms with Gasteiger partial charge in [0, 0.05) is 13.0 Å². The van der Waals surface area contributed by atoms with Gasteiger partial charge in [0.05, 0.1) is 29.8 Å². The van der Waals surface area contributed by atoms with Crippen LogP contribution in [0.25, 0.3) is 11.0 Å². The molecule has 1 amide bonds. The van der Waals surface area contributed by atoms with E-state index >= 15 is 0 Å². The molecule has 1 aromatic heterocycles. The lowest BCUT2D eigenvalue weighted by Gasteiger charge is -2.17. The summed E-state index contributed by atoms with van der Waals surface area (Å²) < 4.78 is 2.29. The third-order valence-corrected chi connectivity index (χ3v) is 5.40. The summed E-state index contributed by atoms with van der Waals surface area (Å²) in [4.78, 5) is 18.5. The molecule has 0 radical (unpaired) electrons. The summed E-state index contributed by atoms with van der Waals surface area (Å²) in [5, 5.41) is 18.8. The largest absolute Gasteiger partial charge is 0.326 e. The van der Waals surface area contributed by atoms with E-state index in [1.54, 1.807) is 11.6 Å². The summed E-state index contributed by atoms with van der Waals surface area (Å²) in [7, 11) is 0. The molecular formula is C20H27N7O2. The van der Waals surface area contributed by atoms with Crippen LogP contribution in [0, 0.1) is 0 Å². The lowest BCUT2D eigenvalue weighted by atomic mass is 10.3. The Kier molecular flexibility index (Phi) is 6.16. The van der Waals surface area contributed by atoms with Crippen molar-refractivity contribution in [1.29, 1.82) is 0 Å². The summed E-state index contributed by atoms with van der Waals surface area (Å²) in [6.07, 6.45) is 5.47. The summed E-state index contributed by atoms with van der Waals surface area (Å²) in [5.41, 5.74) is 4.47. The van der Waals surface area contributed by atoms with Gasteiger partial charge in [-0.2, -0.15) is 0 Å². The number of rotatable bonds is 8. The van der Waals surface area contributed by atoms with Crippen molar-refractivity contribution >= 4 is 16.9 Å². The average Bonchev–Trinajstić information content (AvgIpc) is 3.48. The maximum Gasteiger partial charge on any atom is 0.247 e. The Bertz CT molecular complexity index is 915. The quantitative estimate of drug-likeness (QED) is 0.527. The van der Waals surface area contributed by atoms with Crippen LogP contribution < -0.4 is 5.48 Å². The number of aryl methyl sites for hydroxylation is 1. The molecule has 1 fully saturated rings. The van der Waals surface area contributed by atoms with Crippen LogP contribution in [0.3, 0.4) is 0 Å². The van der Waals surface area contributed by atoms with E-state index in [0.717, 1.165) is 36.4 Å². The van der Waals surface area contributed by atoms with Gasteiger partial charge in [-0.1, -0.05) is 17.4 Å². The van der Waals surface area contributed by atoms with Gasteiger partial charge in [0.15, 0.2) is 0 Å². The molecule has 2 aliphatic rings. The molecule has 0 atom stereocenters. The third kappa shape index (κ3) is 4.80. The highest BCUT2D eigenvalue weighted by Crippen LogP contribution is 2.21. The van der Waals surface area contributed by atoms with Crippen LogP contribution in [-0.2, 0) is 17.9 Å². The van der Waals surface area contributed by atoms with Gasteiger partial charge in [-0.25, -0.2) is 10.5 Å². The molecule has 9 nitrogen and oxygen atoms in total. The van der Waals surface area contributed by atoms with Crippen molar-refractivity contribution in [3.8, 4) is 0 Å². The number of para-hydroxylation sites is 2. The first kappa shape index (κ1) is 19.5. The predicted octanol–water partition coefficient (Wildman–Crippen LogP) is 2.48. The van der Waals surface area contributed by atoms with E-state index in [1.165, 1.54) is 25.9 Å². The first-order valence-corrected chi connectivity index (χ1v) is 10.2. The van der Waals surface area contributed by atoms with Crippen LogP contribution in [0.5, 0.6) is 0 Å². The number of nitrogens with zero attached hydrogens (tertiary/aromatic N) is 6. The second-order valence-corrected chi connectivity index (χ2v) is 7.52. The van der Waals surface area contributed by atoms with Gasteiger partial charge in [-0.3, -0.25) is 15.0 Å². The van der Waals surface area contributed by atoms with E-state index in [0.29, 0.717) is 18.8 Å². The van der Waals surface area contributed by atoms with Crippen LogP contribution in [0.4, 0.5) is 0 Å². The van der Waals surface area contributed by atoms with Crippen LogP contribution in [0.2, 0.25) is 0 Å². The zero-order chi connectivity index (χ0) is 20.1. The number of amides is 1. The maximum absolute atomic E-state index is 11.2. The Labute approximate surface area is 169 Å². The average molecular weight is 397 g/mol. The molecular weight excluding hydrogens is 370 g/mol. The van der Waals surface area contributed by atoms with Crippen LogP contribution >= 0.6 is 0 Å². The molecule has 0 spiro atoms. The minimum Gasteiger partial charge on any atom is -0.326 e. The van der Waals surface area contributed by atoms with E-state index in [-0.39, 0.29) is 6.42 Å². The zero-order valence-electron chi connectivity index (χ0n) is 16.5. The molecule has 4 rings (SSSR count). The van der Waals surface area contributed by atoms with Crippen molar-refractivity contribution in [2.75, 3.05) is 26.2 Å². The monoisotopic (exact) mass is 397 g/mol. The molecule has 2 aliphatic heterocycles. The smallest absolute Gasteiger partial charge is 0.247 e. The molecule has 0 bridgehead atoms. The first-order valence-electron chi connectivity index (χ1n) is 10.2. The standard InChI is InChI=1S/C20H27N7O2/c28-20(23-29)9-8-16-14-26(24-22-16)15-19-21-17-6-1-2-7-18(17)27(19)13-5-12-25-10-3-4-11-25/h1-2,6-8,29H,3-5,9-15H2,(H,23,28)/b16-8-. The Morgan fingerprint density at radius 3 is 2.86 bits per heavy atom. The third-order valence-electron chi connectivity index (χ3n) is 5.40. The highest BCUT2D eigenvalue weighted by Gasteiger charge is 2.18. The van der Waals surface area contributed by atoms with Crippen molar-refractivity contribution < 1.29 is 10.0 Å². The molecule has 9 heteroatoms. The van der Waals surface area contributed by atoms with Gasteiger partial charge < -0.3 is 9.47 Å². The van der Waals surface area contributed by atoms with E-state index in [9.17, 15) is 4.79 Å². The summed E-state index contributed by atoms with van der Waals surface area (Å²) in [6, 6.07) is 8.22. The fourth-order valence-corrected chi connectivity index (χ4v) is 3.94. The second kappa shape index (κ2) is 9.15. The Morgan fingerprint density at radius 1 is 1.21 bits per heavy atom. The molecule has 2 N–H and O–H groups in total. The number of carbonyl (C=O) groups is 1. The number of carbonyl (C=O) groups excluding carboxylic acids is 1. The number of benzene rings is 1. The zero-order valence-corrected chi connectivity index (χ0v) is 16.5. The van der Waals surface area contributed by atoms with Gasteiger partial charge >= 0.3 is 0 Å². The number of hydroxylamine groups is 1. The van der Waals surface area contributed by atoms with Gasteiger partial charge in [-0.15, -0.1) is 5.11 Å². The van der Waals surface area contributed by atoms with Gasteiger partial charge in [0.2, 0.25) is 5.91 Å². The minimum atomic E-state index is -0.467. The van der Waals surface area contributed by atoms with Crippen LogP contribution in [-0.4, -0.2) is 56.8 Å².